The molecule has 117 heavy (non-hydrogen) atoms. The fraction of sp³-hybridized carbons (Fsp3) is 0.0286. The van der Waals surface area contributed by atoms with Crippen LogP contribution in [0.3, 0.4) is 0 Å². The van der Waals surface area contributed by atoms with Crippen LogP contribution in [-0.4, -0.2) is 56.2 Å². The Morgan fingerprint density at radius 3 is 0.923 bits per heavy atom. The van der Waals surface area contributed by atoms with Crippen molar-refractivity contribution in [3.05, 3.63) is 438 Å². The van der Waals surface area contributed by atoms with E-state index in [0.717, 1.165) is 61.4 Å². The Balaban J connectivity index is 0.000000119. The molecule has 4 aromatic heterocycles. The number of hydrogen-bond donors (Lipinski definition) is 2. The highest BCUT2D eigenvalue weighted by Crippen LogP contribution is 2.63. The van der Waals surface area contributed by atoms with Gasteiger partial charge in [0.25, 0.3) is 0 Å². The van der Waals surface area contributed by atoms with Crippen LogP contribution in [0.2, 0.25) is 5.28 Å². The molecule has 2 aliphatic carbocycles. The third-order valence-corrected chi connectivity index (χ3v) is 23.9. The van der Waals surface area contributed by atoms with E-state index < -0.39 is 17.9 Å². The summed E-state index contributed by atoms with van der Waals surface area (Å²) >= 11 is 6.11. The Kier molecular flexibility index (Phi) is 16.9. The summed E-state index contributed by atoms with van der Waals surface area (Å²) in [5.41, 5.74) is 30.8. The van der Waals surface area contributed by atoms with Crippen molar-refractivity contribution in [2.75, 3.05) is 0 Å². The molecule has 6 heterocycles. The van der Waals surface area contributed by atoms with E-state index in [0.29, 0.717) is 34.6 Å². The number of rotatable bonds is 8. The van der Waals surface area contributed by atoms with E-state index in [-0.39, 0.29) is 12.7 Å². The molecule has 0 saturated carbocycles. The molecular weight excluding hydrogens is 1450 g/mol. The van der Waals surface area contributed by atoms with Gasteiger partial charge in [-0.1, -0.05) is 371 Å². The maximum Gasteiger partial charge on any atom is 0.488 e. The topological polar surface area (TPSA) is 128 Å². The van der Waals surface area contributed by atoms with Gasteiger partial charge in [-0.2, -0.15) is 9.97 Å². The fourth-order valence-corrected chi connectivity index (χ4v) is 19.0. The van der Waals surface area contributed by atoms with Crippen molar-refractivity contribution in [1.29, 1.82) is 0 Å². The average molecular weight is 1520 g/mol. The first kappa shape index (κ1) is 70.3. The summed E-state index contributed by atoms with van der Waals surface area (Å²) in [6.45, 7) is 0. The van der Waals surface area contributed by atoms with Crippen molar-refractivity contribution in [3.8, 4) is 113 Å². The molecule has 16 aromatic carbocycles. The van der Waals surface area contributed by atoms with E-state index in [1.165, 1.54) is 110 Å². The van der Waals surface area contributed by atoms with Crippen LogP contribution in [0.5, 0.6) is 0 Å². The lowest BCUT2D eigenvalue weighted by atomic mass is 9.64. The average Bonchev–Trinajstić information content (AvgIpc) is 1.50. The minimum atomic E-state index is -1.53. The van der Waals surface area contributed by atoms with Gasteiger partial charge in [-0.15, -0.1) is 0 Å². The third kappa shape index (κ3) is 11.0. The minimum absolute atomic E-state index is 0. The van der Waals surface area contributed by atoms with Crippen molar-refractivity contribution >= 4 is 67.8 Å². The molecule has 0 bridgehead atoms. The molecule has 0 fully saturated rings. The van der Waals surface area contributed by atoms with Gasteiger partial charge < -0.3 is 19.2 Å². The Hall–Kier alpha value is -14.6. The molecule has 12 heteroatoms. The van der Waals surface area contributed by atoms with Crippen LogP contribution in [0.1, 0.15) is 51.9 Å². The molecule has 0 saturated heterocycles. The second-order valence-corrected chi connectivity index (χ2v) is 30.2. The van der Waals surface area contributed by atoms with Gasteiger partial charge in [0.2, 0.25) is 5.28 Å². The van der Waals surface area contributed by atoms with Crippen molar-refractivity contribution in [2.24, 2.45) is 0 Å². The number of fused-ring (bicyclic) bond motifs is 24. The summed E-state index contributed by atoms with van der Waals surface area (Å²) in [7, 11) is -1.53. The molecule has 0 atom stereocenters. The highest BCUT2D eigenvalue weighted by atomic mass is 35.5. The Labute approximate surface area is 681 Å². The van der Waals surface area contributed by atoms with Gasteiger partial charge in [-0.25, -0.2) is 19.9 Å². The van der Waals surface area contributed by atoms with Crippen LogP contribution in [0.4, 0.5) is 0 Å². The van der Waals surface area contributed by atoms with Gasteiger partial charge in [0.05, 0.1) is 44.3 Å². The molecule has 0 amide bonds. The smallest absolute Gasteiger partial charge is 0.423 e. The second kappa shape index (κ2) is 28.2. The number of para-hydroxylation sites is 4. The zero-order chi connectivity index (χ0) is 77.2. The lowest BCUT2D eigenvalue weighted by molar-refractivity contribution is 0.425. The van der Waals surface area contributed by atoms with Crippen LogP contribution in [0, 0.1) is 0 Å². The molecule has 552 valence electrons. The molecule has 2 aliphatic heterocycles. The zero-order valence-electron chi connectivity index (χ0n) is 62.4. The summed E-state index contributed by atoms with van der Waals surface area (Å²) in [5, 5.41) is 25.3. The minimum Gasteiger partial charge on any atom is -0.423 e. The van der Waals surface area contributed by atoms with Crippen molar-refractivity contribution in [3.63, 3.8) is 0 Å². The molecule has 2 N–H and O–H groups in total. The molecule has 10 nitrogen and oxygen atoms in total. The molecular formula is C105H70BClN8O2. The highest BCUT2D eigenvalue weighted by Gasteiger charge is 2.53. The van der Waals surface area contributed by atoms with Crippen LogP contribution >= 0.6 is 11.6 Å². The summed E-state index contributed by atoms with van der Waals surface area (Å²) in [5.74, 6) is 3.06. The zero-order valence-corrected chi connectivity index (χ0v) is 63.1. The maximum atomic E-state index is 10.1. The molecule has 20 aromatic rings. The predicted molar refractivity (Wildman–Crippen MR) is 476 cm³/mol. The molecule has 0 unspecified atom stereocenters. The van der Waals surface area contributed by atoms with Gasteiger partial charge in [-0.05, 0) is 130 Å². The van der Waals surface area contributed by atoms with E-state index in [1.807, 2.05) is 97.1 Å². The maximum absolute atomic E-state index is 10.1. The van der Waals surface area contributed by atoms with E-state index in [1.54, 1.807) is 0 Å². The first-order valence-corrected chi connectivity index (χ1v) is 39.4. The first-order chi connectivity index (χ1) is 57.3. The first-order valence-electron chi connectivity index (χ1n) is 39.0. The molecule has 24 rings (SSSR count). The van der Waals surface area contributed by atoms with Crippen molar-refractivity contribution < 1.29 is 10.0 Å². The van der Waals surface area contributed by atoms with Gasteiger partial charge in [0, 0.05) is 49.4 Å². The Morgan fingerprint density at radius 2 is 0.521 bits per heavy atom. The summed E-state index contributed by atoms with van der Waals surface area (Å²) in [6, 6.07) is 136. The second-order valence-electron chi connectivity index (χ2n) is 29.8. The molecule has 0 radical (unpaired) electrons. The van der Waals surface area contributed by atoms with Gasteiger partial charge in [0.15, 0.2) is 29.1 Å². The number of halogens is 1. The summed E-state index contributed by atoms with van der Waals surface area (Å²) in [6.07, 6.45) is 0. The normalized spacial score (nSPS) is 12.8. The van der Waals surface area contributed by atoms with E-state index >= 15 is 0 Å². The van der Waals surface area contributed by atoms with Crippen molar-refractivity contribution in [2.45, 2.75) is 18.3 Å². The van der Waals surface area contributed by atoms with Gasteiger partial charge in [0.1, 0.15) is 0 Å². The monoisotopic (exact) mass is 1520 g/mol. The molecule has 4 aliphatic rings. The van der Waals surface area contributed by atoms with Crippen LogP contribution in [0.15, 0.2) is 388 Å². The highest BCUT2D eigenvalue weighted by molar-refractivity contribution is 6.58. The van der Waals surface area contributed by atoms with E-state index in [9.17, 15) is 10.0 Å². The third-order valence-electron chi connectivity index (χ3n) is 23.8. The summed E-state index contributed by atoms with van der Waals surface area (Å²) in [4.78, 5) is 28.6. The number of aromatic nitrogens is 8. The number of nitrogens with zero attached hydrogens (tertiary/aromatic N) is 8. The van der Waals surface area contributed by atoms with Crippen LogP contribution in [-0.2, 0) is 10.8 Å². The molecule has 2 spiro atoms. The van der Waals surface area contributed by atoms with Crippen LogP contribution in [0.25, 0.3) is 156 Å². The van der Waals surface area contributed by atoms with Gasteiger partial charge in [-0.3, -0.25) is 0 Å². The van der Waals surface area contributed by atoms with E-state index in [4.69, 9.17) is 26.6 Å². The largest absolute Gasteiger partial charge is 0.488 e. The fourth-order valence-electron chi connectivity index (χ4n) is 18.9. The Bertz CT molecular complexity index is 7230. The number of benzene rings is 16. The SMILES string of the molecule is C.Clc1nc(-c2ccccc2)nc(-c2ccc(-c3ccccc3)cc2)n1.OB(O)c1ccc2c(c1)-n1c3ccccc3c3cccc(c31)C21c2ccccc2-c2ccccc21.c1ccc(-c2ccc(-c3nc(-c4ccccc4)nc(-c4ccc5c(c4)-n4c6ccccc6c6cccc(c64)C54c5ccccc5-c5ccccc54)n3)cc2)cc1. The van der Waals surface area contributed by atoms with Crippen LogP contribution < -0.4 is 5.46 Å². The lowest BCUT2D eigenvalue weighted by Crippen LogP contribution is -2.36. The standard InChI is InChI=1S/C52H32N4.C31H20BNO2.C21H14ClN3.CH4/c1-3-14-33(15-4-1)34-26-28-36(29-27-34)50-53-49(35-16-5-2-6-17-35)54-51(55-50)37-30-31-44-47(32-37)56-46-25-12-9-20-40(46)41-21-13-24-45(48(41)56)52(44)42-22-10-7-18-38(42)39-19-8-11-23-43(39)52;34-32(35)19-16-17-26-29(18-19)33-28-15-6-3-10-22(28)23-11-7-14-27(30(23)33)31(26)24-12-4-1-8-20(24)21-9-2-5-13-25(21)31;22-21-24-19(17-9-5-2-6-10-17)23-20(25-21)18-13-11-16(12-14-18)15-7-3-1-4-8-15;/h1-32H;1-18,34-35H;1-14H;1H4. The van der Waals surface area contributed by atoms with E-state index in [2.05, 4.69) is 315 Å². The van der Waals surface area contributed by atoms with Gasteiger partial charge >= 0.3 is 7.12 Å². The Morgan fingerprint density at radius 1 is 0.239 bits per heavy atom. The number of hydrogen-bond acceptors (Lipinski definition) is 8. The predicted octanol–water partition coefficient (Wildman–Crippen LogP) is 23.6. The lowest BCUT2D eigenvalue weighted by Gasteiger charge is -2.39. The van der Waals surface area contributed by atoms with Crippen molar-refractivity contribution in [1.82, 2.24) is 39.0 Å². The quantitative estimate of drug-likeness (QED) is 0.144. The summed E-state index contributed by atoms with van der Waals surface area (Å²) < 4.78 is 4.80.